The van der Waals surface area contributed by atoms with Gasteiger partial charge in [-0.1, -0.05) is 42.5 Å². The summed E-state index contributed by atoms with van der Waals surface area (Å²) < 4.78 is 1.34. The maximum absolute atomic E-state index is 13.2. The van der Waals surface area contributed by atoms with Crippen LogP contribution in [-0.4, -0.2) is 51.4 Å². The van der Waals surface area contributed by atoms with E-state index >= 15 is 0 Å². The second-order valence-electron chi connectivity index (χ2n) is 10.1. The predicted molar refractivity (Wildman–Crippen MR) is 137 cm³/mol. The van der Waals surface area contributed by atoms with E-state index in [-0.39, 0.29) is 29.0 Å². The van der Waals surface area contributed by atoms with E-state index in [4.69, 9.17) is 0 Å². The zero-order valence-corrected chi connectivity index (χ0v) is 20.4. The Morgan fingerprint density at radius 2 is 1.57 bits per heavy atom. The Labute approximate surface area is 205 Å². The molecule has 2 aromatic carbocycles. The number of amides is 1. The Morgan fingerprint density at radius 3 is 2.29 bits per heavy atom. The summed E-state index contributed by atoms with van der Waals surface area (Å²) in [7, 11) is 0. The van der Waals surface area contributed by atoms with Crippen LogP contribution in [0.15, 0.2) is 64.2 Å². The number of aromatic amines is 1. The van der Waals surface area contributed by atoms with E-state index in [0.29, 0.717) is 23.5 Å². The lowest BCUT2D eigenvalue weighted by Gasteiger charge is -2.40. The van der Waals surface area contributed by atoms with Crippen molar-refractivity contribution in [2.45, 2.75) is 45.2 Å². The minimum Gasteiger partial charge on any atom is -0.340 e. The summed E-state index contributed by atoms with van der Waals surface area (Å²) >= 11 is 0. The summed E-state index contributed by atoms with van der Waals surface area (Å²) in [5.74, 6) is 0.565. The number of hydrogen-bond acceptors (Lipinski definition) is 4. The summed E-state index contributed by atoms with van der Waals surface area (Å²) in [6.07, 6.45) is 3.37. The first kappa shape index (κ1) is 23.5. The third kappa shape index (κ3) is 4.96. The number of aromatic nitrogens is 2. The van der Waals surface area contributed by atoms with Crippen molar-refractivity contribution in [1.29, 1.82) is 0 Å². The van der Waals surface area contributed by atoms with Gasteiger partial charge in [-0.05, 0) is 56.2 Å². The molecular weight excluding hydrogens is 440 g/mol. The standard InChI is InChI=1S/C28H34N4O3/c1-20(22-7-3-2-4-8-22)30-15-17-31(18-16-30)26(33)23-13-11-21(12-14-23)19-32-27(34)24-9-5-6-10-25(24)29-28(32)35/h2-10,20-21,23H,11-19H2,1H3,(H,29,35). The molecule has 0 bridgehead atoms. The Bertz CT molecular complexity index is 1280. The first-order chi connectivity index (χ1) is 17.0. The largest absolute Gasteiger partial charge is 0.340 e. The van der Waals surface area contributed by atoms with Crippen LogP contribution in [0.25, 0.3) is 10.9 Å². The Balaban J connectivity index is 1.14. The molecule has 1 N–H and O–H groups in total. The number of nitrogens with one attached hydrogen (secondary N) is 1. The fraction of sp³-hybridized carbons (Fsp3) is 0.464. The smallest absolute Gasteiger partial charge is 0.328 e. The normalized spacial score (nSPS) is 22.3. The summed E-state index contributed by atoms with van der Waals surface area (Å²) in [6, 6.07) is 18.0. The molecule has 1 saturated heterocycles. The molecule has 1 saturated carbocycles. The molecule has 1 atom stereocenters. The molecule has 35 heavy (non-hydrogen) atoms. The number of fused-ring (bicyclic) bond motifs is 1. The lowest BCUT2D eigenvalue weighted by molar-refractivity contribution is -0.139. The van der Waals surface area contributed by atoms with Crippen molar-refractivity contribution in [3.05, 3.63) is 81.0 Å². The van der Waals surface area contributed by atoms with Gasteiger partial charge in [0.05, 0.1) is 10.9 Å². The first-order valence-electron chi connectivity index (χ1n) is 12.8. The minimum atomic E-state index is -0.352. The average Bonchev–Trinajstić information content (AvgIpc) is 2.91. The average molecular weight is 475 g/mol. The number of hydrogen-bond donors (Lipinski definition) is 1. The topological polar surface area (TPSA) is 78.4 Å². The number of carbonyl (C=O) groups is 1. The van der Waals surface area contributed by atoms with Gasteiger partial charge in [-0.3, -0.25) is 19.1 Å². The van der Waals surface area contributed by atoms with Crippen LogP contribution in [0.4, 0.5) is 0 Å². The van der Waals surface area contributed by atoms with Crippen molar-refractivity contribution in [3.63, 3.8) is 0 Å². The van der Waals surface area contributed by atoms with E-state index in [1.54, 1.807) is 12.1 Å². The van der Waals surface area contributed by atoms with Gasteiger partial charge in [0.25, 0.3) is 5.56 Å². The molecule has 7 nitrogen and oxygen atoms in total. The van der Waals surface area contributed by atoms with Gasteiger partial charge < -0.3 is 9.88 Å². The van der Waals surface area contributed by atoms with Gasteiger partial charge in [0.2, 0.25) is 5.91 Å². The van der Waals surface area contributed by atoms with Crippen LogP contribution in [0.3, 0.4) is 0 Å². The molecule has 1 aliphatic heterocycles. The van der Waals surface area contributed by atoms with Crippen LogP contribution in [0.1, 0.15) is 44.2 Å². The summed E-state index contributed by atoms with van der Waals surface area (Å²) in [5.41, 5.74) is 1.31. The number of carbonyl (C=O) groups excluding carboxylic acids is 1. The van der Waals surface area contributed by atoms with Gasteiger partial charge in [-0.15, -0.1) is 0 Å². The number of rotatable bonds is 5. The maximum atomic E-state index is 13.2. The first-order valence-corrected chi connectivity index (χ1v) is 12.8. The second-order valence-corrected chi connectivity index (χ2v) is 10.1. The van der Waals surface area contributed by atoms with E-state index in [1.807, 2.05) is 23.1 Å². The zero-order chi connectivity index (χ0) is 24.4. The summed E-state index contributed by atoms with van der Waals surface area (Å²) in [4.78, 5) is 45.9. The number of H-pyrrole nitrogens is 1. The van der Waals surface area contributed by atoms with Crippen molar-refractivity contribution in [2.24, 2.45) is 11.8 Å². The molecule has 1 aromatic heterocycles. The van der Waals surface area contributed by atoms with Crippen LogP contribution in [-0.2, 0) is 11.3 Å². The molecule has 2 heterocycles. The van der Waals surface area contributed by atoms with Crippen molar-refractivity contribution in [3.8, 4) is 0 Å². The Kier molecular flexibility index (Phi) is 6.86. The molecular formula is C28H34N4O3. The van der Waals surface area contributed by atoms with Crippen molar-refractivity contribution in [1.82, 2.24) is 19.4 Å². The van der Waals surface area contributed by atoms with Crippen LogP contribution in [0.5, 0.6) is 0 Å². The minimum absolute atomic E-state index is 0.0518. The number of nitrogens with zero attached hydrogens (tertiary/aromatic N) is 3. The maximum Gasteiger partial charge on any atom is 0.328 e. The molecule has 2 aliphatic rings. The zero-order valence-electron chi connectivity index (χ0n) is 20.4. The van der Waals surface area contributed by atoms with Gasteiger partial charge in [-0.25, -0.2) is 4.79 Å². The van der Waals surface area contributed by atoms with Crippen molar-refractivity contribution in [2.75, 3.05) is 26.2 Å². The third-order valence-corrected chi connectivity index (χ3v) is 7.98. The van der Waals surface area contributed by atoms with Crippen LogP contribution in [0.2, 0.25) is 0 Å². The summed E-state index contributed by atoms with van der Waals surface area (Å²) in [6.45, 7) is 5.99. The highest BCUT2D eigenvalue weighted by Gasteiger charge is 2.32. The summed E-state index contributed by atoms with van der Waals surface area (Å²) in [5, 5.41) is 0.539. The highest BCUT2D eigenvalue weighted by Crippen LogP contribution is 2.31. The molecule has 5 rings (SSSR count). The van der Waals surface area contributed by atoms with E-state index in [1.165, 1.54) is 10.1 Å². The number of piperazine rings is 1. The van der Waals surface area contributed by atoms with Gasteiger partial charge in [0.1, 0.15) is 0 Å². The molecule has 1 unspecified atom stereocenters. The van der Waals surface area contributed by atoms with Gasteiger partial charge in [0, 0.05) is 44.7 Å². The SMILES string of the molecule is CC(c1ccccc1)N1CCN(C(=O)C2CCC(Cn3c(=O)[nH]c4ccccc4c3=O)CC2)CC1. The van der Waals surface area contributed by atoms with Crippen LogP contribution >= 0.6 is 0 Å². The molecule has 1 amide bonds. The van der Waals surface area contributed by atoms with Crippen molar-refractivity contribution >= 4 is 16.8 Å². The second kappa shape index (κ2) is 10.2. The molecule has 2 fully saturated rings. The Morgan fingerprint density at radius 1 is 0.914 bits per heavy atom. The molecule has 3 aromatic rings. The molecule has 0 spiro atoms. The lowest BCUT2D eigenvalue weighted by Crippen LogP contribution is -2.51. The predicted octanol–water partition coefficient (Wildman–Crippen LogP) is 3.40. The van der Waals surface area contributed by atoms with Crippen LogP contribution in [0, 0.1) is 11.8 Å². The van der Waals surface area contributed by atoms with Gasteiger partial charge in [0.15, 0.2) is 0 Å². The fourth-order valence-corrected chi connectivity index (χ4v) is 5.75. The number of benzene rings is 2. The fourth-order valence-electron chi connectivity index (χ4n) is 5.75. The highest BCUT2D eigenvalue weighted by molar-refractivity contribution is 5.79. The molecule has 184 valence electrons. The van der Waals surface area contributed by atoms with Crippen molar-refractivity contribution < 1.29 is 4.79 Å². The Hall–Kier alpha value is -3.19. The quantitative estimate of drug-likeness (QED) is 0.615. The van der Waals surface area contributed by atoms with E-state index in [2.05, 4.69) is 41.1 Å². The van der Waals surface area contributed by atoms with E-state index in [9.17, 15) is 14.4 Å². The van der Waals surface area contributed by atoms with Gasteiger partial charge in [-0.2, -0.15) is 0 Å². The lowest BCUT2D eigenvalue weighted by atomic mass is 9.81. The molecule has 7 heteroatoms. The molecule has 0 radical (unpaired) electrons. The molecule has 1 aliphatic carbocycles. The van der Waals surface area contributed by atoms with E-state index < -0.39 is 0 Å². The van der Waals surface area contributed by atoms with E-state index in [0.717, 1.165) is 51.9 Å². The third-order valence-electron chi connectivity index (χ3n) is 7.98. The van der Waals surface area contributed by atoms with Gasteiger partial charge >= 0.3 is 5.69 Å². The monoisotopic (exact) mass is 474 g/mol. The highest BCUT2D eigenvalue weighted by atomic mass is 16.2. The number of para-hydroxylation sites is 1. The van der Waals surface area contributed by atoms with Crippen LogP contribution < -0.4 is 11.2 Å².